The Kier molecular flexibility index (Phi) is 0.845. The van der Waals surface area contributed by atoms with Gasteiger partial charge in [0.2, 0.25) is 12.7 Å². The standard InChI is InChI=1S/C5H11O/c1-3-6-4-5(6)2/h5H,3-4H2,1-2H3/q+1. The molecule has 1 heteroatoms. The monoisotopic (exact) mass is 87.1 g/mol. The Hall–Kier alpha value is -0.0400. The highest BCUT2D eigenvalue weighted by molar-refractivity contribution is 4.68. The molecule has 0 bridgehead atoms. The molecule has 0 aromatic heterocycles. The zero-order valence-corrected chi connectivity index (χ0v) is 4.40. The zero-order valence-electron chi connectivity index (χ0n) is 4.40. The molecule has 0 spiro atoms. The highest BCUT2D eigenvalue weighted by Gasteiger charge is 2.36. The van der Waals surface area contributed by atoms with E-state index in [1.54, 1.807) is 0 Å². The van der Waals surface area contributed by atoms with Crippen molar-refractivity contribution >= 4 is 0 Å². The summed E-state index contributed by atoms with van der Waals surface area (Å²) in [4.78, 5) is 0. The molecule has 0 radical (unpaired) electrons. The van der Waals surface area contributed by atoms with E-state index in [0.717, 1.165) is 12.7 Å². The molecule has 0 saturated carbocycles. The molecule has 0 aliphatic carbocycles. The second-order valence-electron chi connectivity index (χ2n) is 1.80. The van der Waals surface area contributed by atoms with Crippen molar-refractivity contribution in [1.82, 2.24) is 0 Å². The van der Waals surface area contributed by atoms with Gasteiger partial charge in [0.1, 0.15) is 6.61 Å². The van der Waals surface area contributed by atoms with E-state index in [4.69, 9.17) is 0 Å². The van der Waals surface area contributed by atoms with Crippen LogP contribution >= 0.6 is 0 Å². The smallest absolute Gasteiger partial charge is 0.222 e. The topological polar surface area (TPSA) is 2.70 Å². The van der Waals surface area contributed by atoms with E-state index in [-0.39, 0.29) is 0 Å². The Morgan fingerprint density at radius 2 is 2.33 bits per heavy atom. The van der Waals surface area contributed by atoms with E-state index in [2.05, 4.69) is 18.2 Å². The number of hydrogen-bond acceptors (Lipinski definition) is 0. The predicted molar refractivity (Wildman–Crippen MR) is 26.0 cm³/mol. The second-order valence-corrected chi connectivity index (χ2v) is 1.80. The van der Waals surface area contributed by atoms with Crippen LogP contribution < -0.4 is 0 Å². The molecule has 0 N–H and O–H groups in total. The van der Waals surface area contributed by atoms with E-state index in [0.29, 0.717) is 0 Å². The van der Waals surface area contributed by atoms with Crippen molar-refractivity contribution in [2.75, 3.05) is 13.2 Å². The van der Waals surface area contributed by atoms with Gasteiger partial charge >= 0.3 is 0 Å². The zero-order chi connectivity index (χ0) is 4.57. The third-order valence-electron chi connectivity index (χ3n) is 1.27. The van der Waals surface area contributed by atoms with Crippen LogP contribution in [-0.4, -0.2) is 19.3 Å². The van der Waals surface area contributed by atoms with Crippen LogP contribution in [0.15, 0.2) is 0 Å². The molecule has 6 heavy (non-hydrogen) atoms. The Bertz CT molecular complexity index is 49.9. The highest BCUT2D eigenvalue weighted by atomic mass is 16.8. The molecule has 1 unspecified atom stereocenters. The maximum absolute atomic E-state index is 3.07. The fourth-order valence-electron chi connectivity index (χ4n) is 0.665. The second kappa shape index (κ2) is 1.23. The number of hydrogen-bond donors (Lipinski definition) is 0. The first-order valence-corrected chi connectivity index (χ1v) is 2.51. The molecule has 36 valence electrons. The van der Waals surface area contributed by atoms with Gasteiger partial charge in [-0.3, -0.25) is 0 Å². The van der Waals surface area contributed by atoms with E-state index in [1.165, 1.54) is 6.61 Å². The summed E-state index contributed by atoms with van der Waals surface area (Å²) in [6.45, 7) is 6.78. The number of epoxide rings is 1. The van der Waals surface area contributed by atoms with Crippen molar-refractivity contribution in [3.05, 3.63) is 0 Å². The first-order valence-electron chi connectivity index (χ1n) is 2.51. The molecule has 0 aromatic carbocycles. The molecular formula is C5H11O+. The molecule has 1 nitrogen and oxygen atoms in total. The average Bonchev–Trinajstić information content (AvgIpc) is 2.19. The van der Waals surface area contributed by atoms with Gasteiger partial charge in [0.15, 0.2) is 0 Å². The molecule has 1 atom stereocenters. The molecule has 0 aromatic rings. The fourth-order valence-corrected chi connectivity index (χ4v) is 0.665. The van der Waals surface area contributed by atoms with E-state index < -0.39 is 0 Å². The van der Waals surface area contributed by atoms with Gasteiger partial charge < -0.3 is 4.37 Å². The minimum atomic E-state index is 0.815. The van der Waals surface area contributed by atoms with E-state index in [9.17, 15) is 0 Å². The van der Waals surface area contributed by atoms with Gasteiger partial charge in [-0.25, -0.2) is 0 Å². The summed E-state index contributed by atoms with van der Waals surface area (Å²) >= 11 is 0. The summed E-state index contributed by atoms with van der Waals surface area (Å²) in [5, 5.41) is 0. The van der Waals surface area contributed by atoms with Crippen LogP contribution in [-0.2, 0) is 4.37 Å². The largest absolute Gasteiger partial charge is 0.409 e. The van der Waals surface area contributed by atoms with Gasteiger partial charge in [0.05, 0.1) is 0 Å². The van der Waals surface area contributed by atoms with Crippen molar-refractivity contribution in [3.8, 4) is 0 Å². The minimum Gasteiger partial charge on any atom is -0.409 e. The summed E-state index contributed by atoms with van der Waals surface area (Å²) < 4.78 is 3.07. The molecule has 1 heterocycles. The maximum atomic E-state index is 3.07. The quantitative estimate of drug-likeness (QED) is 0.331. The van der Waals surface area contributed by atoms with E-state index >= 15 is 0 Å². The van der Waals surface area contributed by atoms with Crippen molar-refractivity contribution < 1.29 is 4.37 Å². The maximum Gasteiger partial charge on any atom is 0.222 e. The fraction of sp³-hybridized carbons (Fsp3) is 1.00. The number of rotatable bonds is 1. The molecule has 1 rings (SSSR count). The summed E-state index contributed by atoms with van der Waals surface area (Å²) in [6.07, 6.45) is 0.815. The van der Waals surface area contributed by atoms with Gasteiger partial charge in [-0.2, -0.15) is 0 Å². The first kappa shape index (κ1) is 4.13. The Balaban J connectivity index is 2.09. The first-order chi connectivity index (χ1) is 2.84. The van der Waals surface area contributed by atoms with Crippen LogP contribution in [0.25, 0.3) is 0 Å². The predicted octanol–water partition coefficient (Wildman–Crippen LogP) is 0.961. The SMILES string of the molecule is CC[O+]1CC1C. The lowest BCUT2D eigenvalue weighted by Crippen LogP contribution is -1.84. The minimum absolute atomic E-state index is 0.815. The van der Waals surface area contributed by atoms with Gasteiger partial charge in [-0.05, 0) is 0 Å². The van der Waals surface area contributed by atoms with Crippen LogP contribution in [0, 0.1) is 0 Å². The van der Waals surface area contributed by atoms with Crippen molar-refractivity contribution in [2.45, 2.75) is 20.0 Å². The summed E-state index contributed by atoms with van der Waals surface area (Å²) in [7, 11) is 0. The third-order valence-corrected chi connectivity index (χ3v) is 1.27. The Morgan fingerprint density at radius 1 is 1.83 bits per heavy atom. The normalized spacial score (nSPS) is 34.0. The lowest BCUT2D eigenvalue weighted by atomic mass is 10.6. The van der Waals surface area contributed by atoms with Crippen molar-refractivity contribution in [1.29, 1.82) is 0 Å². The molecule has 1 saturated heterocycles. The van der Waals surface area contributed by atoms with Gasteiger partial charge in [0, 0.05) is 13.8 Å². The molecule has 1 fully saturated rings. The van der Waals surface area contributed by atoms with Crippen LogP contribution in [0.5, 0.6) is 0 Å². The third kappa shape index (κ3) is 0.548. The highest BCUT2D eigenvalue weighted by Crippen LogP contribution is 2.20. The van der Waals surface area contributed by atoms with Crippen molar-refractivity contribution in [2.24, 2.45) is 0 Å². The average molecular weight is 87.1 g/mol. The molecular weight excluding hydrogens is 76.1 g/mol. The van der Waals surface area contributed by atoms with Crippen LogP contribution in [0.1, 0.15) is 13.8 Å². The lowest BCUT2D eigenvalue weighted by Gasteiger charge is -1.84. The van der Waals surface area contributed by atoms with Gasteiger partial charge in [-0.15, -0.1) is 0 Å². The molecule has 0 amide bonds. The van der Waals surface area contributed by atoms with E-state index in [1.807, 2.05) is 0 Å². The van der Waals surface area contributed by atoms with Gasteiger partial charge in [-0.1, -0.05) is 0 Å². The lowest BCUT2D eigenvalue weighted by molar-refractivity contribution is 0.0653. The van der Waals surface area contributed by atoms with Crippen LogP contribution in [0.2, 0.25) is 0 Å². The molecule has 1 aliphatic heterocycles. The Labute approximate surface area is 38.6 Å². The van der Waals surface area contributed by atoms with Crippen LogP contribution in [0.3, 0.4) is 0 Å². The molecule has 1 aliphatic rings. The summed E-state index contributed by atoms with van der Waals surface area (Å²) in [6, 6.07) is 0. The van der Waals surface area contributed by atoms with Crippen LogP contribution in [0.4, 0.5) is 0 Å². The Morgan fingerprint density at radius 3 is 2.33 bits per heavy atom. The summed E-state index contributed by atoms with van der Waals surface area (Å²) in [5.41, 5.74) is 0. The summed E-state index contributed by atoms with van der Waals surface area (Å²) in [5.74, 6) is 0. The van der Waals surface area contributed by atoms with Gasteiger partial charge in [0.25, 0.3) is 0 Å². The van der Waals surface area contributed by atoms with Crippen molar-refractivity contribution in [3.63, 3.8) is 0 Å².